The van der Waals surface area contributed by atoms with Crippen LogP contribution in [0.2, 0.25) is 0 Å². The average molecular weight is 229 g/mol. The number of carbonyl (C=O) groups is 1. The molecular weight excluding hydrogens is 206 g/mol. The summed E-state index contributed by atoms with van der Waals surface area (Å²) in [5, 5.41) is 9.53. The van der Waals surface area contributed by atoms with Crippen molar-refractivity contribution in [1.29, 1.82) is 0 Å². The average Bonchev–Trinajstić information content (AvgIpc) is 2.15. The van der Waals surface area contributed by atoms with E-state index in [0.717, 1.165) is 19.4 Å². The Hall–Kier alpha value is -0.770. The summed E-state index contributed by atoms with van der Waals surface area (Å²) in [7, 11) is 0. The van der Waals surface area contributed by atoms with Gasteiger partial charge in [0.15, 0.2) is 0 Å². The molecule has 0 bridgehead atoms. The molecule has 4 heteroatoms. The van der Waals surface area contributed by atoms with Crippen LogP contribution in [-0.2, 0) is 4.74 Å². The molecular formula is C12H23NO3. The molecule has 0 saturated carbocycles. The summed E-state index contributed by atoms with van der Waals surface area (Å²) < 4.78 is 5.31. The standard InChI is InChI=1S/C12H23NO3/c1-9(14)10-6-5-7-13(8-10)11(15)16-12(2,3)4/h9-10,14H,5-8H2,1-4H3/t9?,10-/m1/s1. The zero-order valence-corrected chi connectivity index (χ0v) is 10.7. The van der Waals surface area contributed by atoms with Crippen LogP contribution in [0.5, 0.6) is 0 Å². The van der Waals surface area contributed by atoms with E-state index in [1.165, 1.54) is 0 Å². The Kier molecular flexibility index (Phi) is 4.19. The fraction of sp³-hybridized carbons (Fsp3) is 0.917. The second-order valence-electron chi connectivity index (χ2n) is 5.57. The number of piperidine rings is 1. The molecule has 0 aromatic heterocycles. The van der Waals surface area contributed by atoms with Gasteiger partial charge in [0.1, 0.15) is 5.60 Å². The van der Waals surface area contributed by atoms with E-state index in [0.29, 0.717) is 6.54 Å². The number of aliphatic hydroxyl groups is 1. The first-order valence-electron chi connectivity index (χ1n) is 5.95. The van der Waals surface area contributed by atoms with Crippen LogP contribution in [0.15, 0.2) is 0 Å². The number of aliphatic hydroxyl groups excluding tert-OH is 1. The van der Waals surface area contributed by atoms with Crippen LogP contribution in [0.3, 0.4) is 0 Å². The van der Waals surface area contributed by atoms with Crippen LogP contribution in [-0.4, -0.2) is 40.9 Å². The Balaban J connectivity index is 2.50. The highest BCUT2D eigenvalue weighted by Gasteiger charge is 2.29. The van der Waals surface area contributed by atoms with Gasteiger partial charge in [-0.1, -0.05) is 0 Å². The molecule has 1 N–H and O–H groups in total. The lowest BCUT2D eigenvalue weighted by molar-refractivity contribution is 0.00543. The van der Waals surface area contributed by atoms with E-state index < -0.39 is 5.60 Å². The fourth-order valence-electron chi connectivity index (χ4n) is 1.90. The predicted octanol–water partition coefficient (Wildman–Crippen LogP) is 2.01. The molecule has 0 aliphatic carbocycles. The molecule has 16 heavy (non-hydrogen) atoms. The Morgan fingerprint density at radius 1 is 1.50 bits per heavy atom. The molecule has 94 valence electrons. The quantitative estimate of drug-likeness (QED) is 0.748. The zero-order valence-electron chi connectivity index (χ0n) is 10.7. The normalized spacial score (nSPS) is 24.1. The molecule has 2 atom stereocenters. The maximum atomic E-state index is 11.8. The highest BCUT2D eigenvalue weighted by Crippen LogP contribution is 2.21. The van der Waals surface area contributed by atoms with Gasteiger partial charge in [0, 0.05) is 19.0 Å². The van der Waals surface area contributed by atoms with Gasteiger partial charge < -0.3 is 14.7 Å². The Morgan fingerprint density at radius 2 is 2.12 bits per heavy atom. The third kappa shape index (κ3) is 4.00. The molecule has 1 amide bonds. The number of amides is 1. The number of carbonyl (C=O) groups excluding carboxylic acids is 1. The summed E-state index contributed by atoms with van der Waals surface area (Å²) in [4.78, 5) is 13.5. The van der Waals surface area contributed by atoms with Gasteiger partial charge >= 0.3 is 6.09 Å². The van der Waals surface area contributed by atoms with Crippen LogP contribution >= 0.6 is 0 Å². The van der Waals surface area contributed by atoms with Crippen LogP contribution in [0.25, 0.3) is 0 Å². The number of hydrogen-bond donors (Lipinski definition) is 1. The highest BCUT2D eigenvalue weighted by molar-refractivity contribution is 5.68. The van der Waals surface area contributed by atoms with Crippen LogP contribution in [0, 0.1) is 5.92 Å². The number of rotatable bonds is 1. The van der Waals surface area contributed by atoms with Crippen LogP contribution in [0.4, 0.5) is 4.79 Å². The second-order valence-corrected chi connectivity index (χ2v) is 5.57. The fourth-order valence-corrected chi connectivity index (χ4v) is 1.90. The minimum atomic E-state index is -0.450. The van der Waals surface area contributed by atoms with Gasteiger partial charge in [0.2, 0.25) is 0 Å². The number of nitrogens with zero attached hydrogens (tertiary/aromatic N) is 1. The molecule has 1 unspecified atom stereocenters. The van der Waals surface area contributed by atoms with E-state index in [-0.39, 0.29) is 18.1 Å². The third-order valence-electron chi connectivity index (χ3n) is 2.79. The number of ether oxygens (including phenoxy) is 1. The first kappa shape index (κ1) is 13.3. The van der Waals surface area contributed by atoms with Crippen LogP contribution < -0.4 is 0 Å². The summed E-state index contributed by atoms with van der Waals surface area (Å²) in [5.41, 5.74) is -0.450. The first-order valence-corrected chi connectivity index (χ1v) is 5.95. The van der Waals surface area contributed by atoms with E-state index in [1.807, 2.05) is 20.8 Å². The minimum absolute atomic E-state index is 0.182. The molecule has 0 aromatic carbocycles. The van der Waals surface area contributed by atoms with Gasteiger partial charge in [0.05, 0.1) is 6.10 Å². The van der Waals surface area contributed by atoms with Crippen molar-refractivity contribution < 1.29 is 14.6 Å². The smallest absolute Gasteiger partial charge is 0.410 e. The van der Waals surface area contributed by atoms with E-state index >= 15 is 0 Å². The van der Waals surface area contributed by atoms with E-state index in [9.17, 15) is 9.90 Å². The maximum Gasteiger partial charge on any atom is 0.410 e. The molecule has 1 heterocycles. The summed E-state index contributed by atoms with van der Waals surface area (Å²) in [6.45, 7) is 8.71. The second kappa shape index (κ2) is 5.04. The van der Waals surface area contributed by atoms with Crippen molar-refractivity contribution in [3.8, 4) is 0 Å². The molecule has 1 rings (SSSR count). The molecule has 1 fully saturated rings. The summed E-state index contributed by atoms with van der Waals surface area (Å²) in [6, 6.07) is 0. The predicted molar refractivity (Wildman–Crippen MR) is 62.2 cm³/mol. The largest absolute Gasteiger partial charge is 0.444 e. The first-order chi connectivity index (χ1) is 7.29. The van der Waals surface area contributed by atoms with E-state index in [4.69, 9.17) is 4.74 Å². The van der Waals surface area contributed by atoms with Gasteiger partial charge in [-0.15, -0.1) is 0 Å². The molecule has 1 aliphatic heterocycles. The molecule has 1 saturated heterocycles. The maximum absolute atomic E-state index is 11.8. The van der Waals surface area contributed by atoms with Gasteiger partial charge in [0.25, 0.3) is 0 Å². The van der Waals surface area contributed by atoms with Crippen molar-refractivity contribution in [3.05, 3.63) is 0 Å². The number of hydrogen-bond acceptors (Lipinski definition) is 3. The Labute approximate surface area is 97.6 Å². The third-order valence-corrected chi connectivity index (χ3v) is 2.79. The molecule has 0 aromatic rings. The molecule has 4 nitrogen and oxygen atoms in total. The monoisotopic (exact) mass is 229 g/mol. The SMILES string of the molecule is CC(O)[C@@H]1CCCN(C(=O)OC(C)(C)C)C1. The summed E-state index contributed by atoms with van der Waals surface area (Å²) >= 11 is 0. The van der Waals surface area contributed by atoms with Crippen molar-refractivity contribution in [2.75, 3.05) is 13.1 Å². The van der Waals surface area contributed by atoms with Gasteiger partial charge in [-0.05, 0) is 40.5 Å². The zero-order chi connectivity index (χ0) is 12.3. The van der Waals surface area contributed by atoms with Gasteiger partial charge in [-0.2, -0.15) is 0 Å². The van der Waals surface area contributed by atoms with Crippen molar-refractivity contribution in [2.24, 2.45) is 5.92 Å². The van der Waals surface area contributed by atoms with Gasteiger partial charge in [-0.3, -0.25) is 0 Å². The summed E-state index contributed by atoms with van der Waals surface area (Å²) in [6.07, 6.45) is 1.30. The highest BCUT2D eigenvalue weighted by atomic mass is 16.6. The Morgan fingerprint density at radius 3 is 2.62 bits per heavy atom. The molecule has 1 aliphatic rings. The lowest BCUT2D eigenvalue weighted by Crippen LogP contribution is -2.45. The van der Waals surface area contributed by atoms with Crippen molar-refractivity contribution in [3.63, 3.8) is 0 Å². The van der Waals surface area contributed by atoms with Crippen molar-refractivity contribution in [2.45, 2.75) is 52.2 Å². The lowest BCUT2D eigenvalue weighted by Gasteiger charge is -2.35. The minimum Gasteiger partial charge on any atom is -0.444 e. The van der Waals surface area contributed by atoms with Gasteiger partial charge in [-0.25, -0.2) is 4.79 Å². The van der Waals surface area contributed by atoms with Crippen LogP contribution in [0.1, 0.15) is 40.5 Å². The van der Waals surface area contributed by atoms with E-state index in [1.54, 1.807) is 11.8 Å². The lowest BCUT2D eigenvalue weighted by atomic mass is 9.94. The molecule has 0 radical (unpaired) electrons. The topological polar surface area (TPSA) is 49.8 Å². The van der Waals surface area contributed by atoms with E-state index in [2.05, 4.69) is 0 Å². The Bertz CT molecular complexity index is 245. The van der Waals surface area contributed by atoms with Crippen molar-refractivity contribution >= 4 is 6.09 Å². The summed E-state index contributed by atoms with van der Waals surface area (Å²) in [5.74, 6) is 0.182. The van der Waals surface area contributed by atoms with Crippen molar-refractivity contribution in [1.82, 2.24) is 4.90 Å². The number of likely N-dealkylation sites (tertiary alicyclic amines) is 1. The molecule has 0 spiro atoms.